The van der Waals surface area contributed by atoms with Crippen molar-refractivity contribution >= 4 is 41.6 Å². The Labute approximate surface area is 134 Å². The van der Waals surface area contributed by atoms with E-state index >= 15 is 0 Å². The Hall–Kier alpha value is -0.860. The van der Waals surface area contributed by atoms with Crippen LogP contribution >= 0.6 is 26.6 Å². The molecule has 1 atom stereocenters. The predicted octanol–water partition coefficient (Wildman–Crippen LogP) is 2.56. The third kappa shape index (κ3) is 4.31. The average Bonchev–Trinajstić information content (AvgIpc) is 3.15. The van der Waals surface area contributed by atoms with E-state index in [1.807, 2.05) is 0 Å². The van der Waals surface area contributed by atoms with E-state index in [9.17, 15) is 17.6 Å². The normalized spacial score (nSPS) is 16.4. The van der Waals surface area contributed by atoms with Gasteiger partial charge in [0, 0.05) is 22.8 Å². The zero-order valence-corrected chi connectivity index (χ0v) is 14.1. The van der Waals surface area contributed by atoms with E-state index in [2.05, 4.69) is 21.2 Å². The third-order valence-corrected chi connectivity index (χ3v) is 4.80. The predicted molar refractivity (Wildman–Crippen MR) is 78.4 cm³/mol. The molecule has 1 aliphatic rings. The van der Waals surface area contributed by atoms with Crippen LogP contribution in [0.3, 0.4) is 0 Å². The van der Waals surface area contributed by atoms with Crippen LogP contribution in [-0.4, -0.2) is 26.5 Å². The molecule has 21 heavy (non-hydrogen) atoms. The van der Waals surface area contributed by atoms with Crippen molar-refractivity contribution in [3.8, 4) is 5.75 Å². The molecule has 1 unspecified atom stereocenters. The van der Waals surface area contributed by atoms with Crippen molar-refractivity contribution in [1.29, 1.82) is 0 Å². The Morgan fingerprint density at radius 1 is 1.52 bits per heavy atom. The molecule has 0 spiro atoms. The highest BCUT2D eigenvalue weighted by Gasteiger charge is 2.27. The van der Waals surface area contributed by atoms with Gasteiger partial charge in [0.25, 0.3) is 15.0 Å². The summed E-state index contributed by atoms with van der Waals surface area (Å²) in [6.07, 6.45) is 1.05. The van der Waals surface area contributed by atoms with Crippen LogP contribution in [-0.2, 0) is 13.8 Å². The molecule has 0 bridgehead atoms. The highest BCUT2D eigenvalue weighted by atomic mass is 79.9. The van der Waals surface area contributed by atoms with Crippen molar-refractivity contribution < 1.29 is 22.3 Å². The zero-order valence-electron chi connectivity index (χ0n) is 10.9. The molecule has 0 saturated heterocycles. The van der Waals surface area contributed by atoms with Crippen molar-refractivity contribution in [2.24, 2.45) is 0 Å². The number of hydrogen-bond donors (Lipinski definition) is 1. The van der Waals surface area contributed by atoms with Gasteiger partial charge in [-0.3, -0.25) is 4.79 Å². The Morgan fingerprint density at radius 3 is 2.67 bits per heavy atom. The fraction of sp³-hybridized carbons (Fsp3) is 0.417. The van der Waals surface area contributed by atoms with Crippen LogP contribution in [0.25, 0.3) is 0 Å². The van der Waals surface area contributed by atoms with Gasteiger partial charge in [0.15, 0.2) is 6.10 Å². The highest BCUT2D eigenvalue weighted by molar-refractivity contribution is 9.10. The number of hydrogen-bond acceptors (Lipinski definition) is 4. The summed E-state index contributed by atoms with van der Waals surface area (Å²) in [4.78, 5) is 11.1. The van der Waals surface area contributed by atoms with Gasteiger partial charge < -0.3 is 10.1 Å². The summed E-state index contributed by atoms with van der Waals surface area (Å²) in [5.74, 6) is -1.33. The number of carbonyl (C=O) groups excluding carboxylic acids is 1. The number of ether oxygens (including phenoxy) is 1. The summed E-state index contributed by atoms with van der Waals surface area (Å²) in [7, 11) is 0.922. The lowest BCUT2D eigenvalue weighted by Crippen LogP contribution is -2.37. The zero-order chi connectivity index (χ0) is 15.8. The topological polar surface area (TPSA) is 72.5 Å². The Bertz CT molecular complexity index is 678. The standard InChI is InChI=1S/C12H12BrClFNO4S/c1-6(12(17)16-7-2-3-7)20-10-5-9(15)11(4-8(10)13)21(14,18)19/h4-7H,2-3H2,1H3,(H,16,17). The Balaban J connectivity index is 2.16. The molecule has 1 aromatic rings. The van der Waals surface area contributed by atoms with Crippen LogP contribution in [0.4, 0.5) is 4.39 Å². The molecule has 1 amide bonds. The molecule has 5 nitrogen and oxygen atoms in total. The molecule has 1 N–H and O–H groups in total. The lowest BCUT2D eigenvalue weighted by Gasteiger charge is -2.16. The monoisotopic (exact) mass is 399 g/mol. The van der Waals surface area contributed by atoms with Gasteiger partial charge in [0.1, 0.15) is 16.5 Å². The number of carbonyl (C=O) groups is 1. The van der Waals surface area contributed by atoms with Gasteiger partial charge in [-0.15, -0.1) is 0 Å². The highest BCUT2D eigenvalue weighted by Crippen LogP contribution is 2.32. The smallest absolute Gasteiger partial charge is 0.264 e. The van der Waals surface area contributed by atoms with Crippen molar-refractivity contribution in [3.63, 3.8) is 0 Å². The van der Waals surface area contributed by atoms with Crippen molar-refractivity contribution in [2.75, 3.05) is 0 Å². The first-order chi connectivity index (χ1) is 9.68. The SMILES string of the molecule is CC(Oc1cc(F)c(S(=O)(=O)Cl)cc1Br)C(=O)NC1CC1. The van der Waals surface area contributed by atoms with Crippen LogP contribution in [0.5, 0.6) is 5.75 Å². The third-order valence-electron chi connectivity index (χ3n) is 2.85. The van der Waals surface area contributed by atoms with Gasteiger partial charge in [-0.1, -0.05) is 0 Å². The maximum absolute atomic E-state index is 13.7. The van der Waals surface area contributed by atoms with Gasteiger partial charge >= 0.3 is 0 Å². The molecule has 1 saturated carbocycles. The van der Waals surface area contributed by atoms with E-state index in [-0.39, 0.29) is 22.2 Å². The Morgan fingerprint density at radius 2 is 2.14 bits per heavy atom. The Kier molecular flexibility index (Phi) is 4.79. The molecule has 0 radical (unpaired) electrons. The van der Waals surface area contributed by atoms with Crippen LogP contribution in [0.15, 0.2) is 21.5 Å². The summed E-state index contributed by atoms with van der Waals surface area (Å²) in [6, 6.07) is 2.06. The van der Waals surface area contributed by atoms with E-state index in [1.165, 1.54) is 6.92 Å². The van der Waals surface area contributed by atoms with E-state index in [0.29, 0.717) is 0 Å². The summed E-state index contributed by atoms with van der Waals surface area (Å²) in [5, 5.41) is 2.75. The number of nitrogens with one attached hydrogen (secondary N) is 1. The fourth-order valence-electron chi connectivity index (χ4n) is 1.58. The molecular formula is C12H12BrClFNO4S. The lowest BCUT2D eigenvalue weighted by atomic mass is 10.3. The molecule has 0 aliphatic heterocycles. The number of halogens is 3. The van der Waals surface area contributed by atoms with Gasteiger partial charge in [-0.05, 0) is 41.8 Å². The fourth-order valence-corrected chi connectivity index (χ4v) is 3.07. The van der Waals surface area contributed by atoms with Crippen LogP contribution < -0.4 is 10.1 Å². The first kappa shape index (κ1) is 16.5. The molecule has 2 rings (SSSR count). The molecule has 1 fully saturated rings. The van der Waals surface area contributed by atoms with E-state index in [0.717, 1.165) is 25.0 Å². The molecule has 9 heteroatoms. The molecular weight excluding hydrogens is 389 g/mol. The summed E-state index contributed by atoms with van der Waals surface area (Å²) in [5.41, 5.74) is 0. The summed E-state index contributed by atoms with van der Waals surface area (Å²) < 4.78 is 41.6. The van der Waals surface area contributed by atoms with Gasteiger partial charge in [-0.2, -0.15) is 0 Å². The molecule has 116 valence electrons. The quantitative estimate of drug-likeness (QED) is 0.771. The number of rotatable bonds is 5. The van der Waals surface area contributed by atoms with Crippen molar-refractivity contribution in [2.45, 2.75) is 36.8 Å². The van der Waals surface area contributed by atoms with Crippen molar-refractivity contribution in [1.82, 2.24) is 5.32 Å². The minimum absolute atomic E-state index is 0.0232. The first-order valence-corrected chi connectivity index (χ1v) is 9.19. The van der Waals surface area contributed by atoms with Crippen molar-refractivity contribution in [3.05, 3.63) is 22.4 Å². The largest absolute Gasteiger partial charge is 0.480 e. The molecule has 0 heterocycles. The van der Waals surface area contributed by atoms with Gasteiger partial charge in [0.2, 0.25) is 0 Å². The second-order valence-electron chi connectivity index (χ2n) is 4.69. The maximum atomic E-state index is 13.7. The minimum Gasteiger partial charge on any atom is -0.480 e. The second-order valence-corrected chi connectivity index (χ2v) is 8.08. The number of benzene rings is 1. The summed E-state index contributed by atoms with van der Waals surface area (Å²) in [6.45, 7) is 1.52. The number of amides is 1. The van der Waals surface area contributed by atoms with Crippen LogP contribution in [0, 0.1) is 5.82 Å². The maximum Gasteiger partial charge on any atom is 0.264 e. The van der Waals surface area contributed by atoms with E-state index in [1.54, 1.807) is 0 Å². The molecule has 1 aromatic carbocycles. The van der Waals surface area contributed by atoms with E-state index < -0.39 is 25.9 Å². The van der Waals surface area contributed by atoms with Gasteiger partial charge in [-0.25, -0.2) is 12.8 Å². The minimum atomic E-state index is -4.19. The first-order valence-electron chi connectivity index (χ1n) is 6.09. The van der Waals surface area contributed by atoms with Crippen LogP contribution in [0.1, 0.15) is 19.8 Å². The second kappa shape index (κ2) is 6.10. The molecule has 0 aromatic heterocycles. The summed E-state index contributed by atoms with van der Waals surface area (Å²) >= 11 is 3.07. The molecule has 1 aliphatic carbocycles. The lowest BCUT2D eigenvalue weighted by molar-refractivity contribution is -0.127. The van der Waals surface area contributed by atoms with Crippen LogP contribution in [0.2, 0.25) is 0 Å². The van der Waals surface area contributed by atoms with Gasteiger partial charge in [0.05, 0.1) is 4.47 Å². The average molecular weight is 401 g/mol. The van der Waals surface area contributed by atoms with E-state index in [4.69, 9.17) is 15.4 Å².